The van der Waals surface area contributed by atoms with E-state index in [1.165, 1.54) is 12.8 Å². The van der Waals surface area contributed by atoms with Gasteiger partial charge in [0.05, 0.1) is 19.9 Å². The molecule has 0 radical (unpaired) electrons. The zero-order chi connectivity index (χ0) is 15.2. The molecule has 116 valence electrons. The van der Waals surface area contributed by atoms with E-state index in [0.717, 1.165) is 18.5 Å². The maximum Gasteiger partial charge on any atom is 0.182 e. The molecular formula is C17H25NO3. The van der Waals surface area contributed by atoms with Crippen molar-refractivity contribution in [3.05, 3.63) is 18.0 Å². The molecule has 0 aromatic carbocycles. The molecule has 1 aromatic rings. The number of Topliss-reactive ketones (excluding diaryl/α,β-unsaturated/α-hetero) is 1. The van der Waals surface area contributed by atoms with Gasteiger partial charge in [0, 0.05) is 31.0 Å². The summed E-state index contributed by atoms with van der Waals surface area (Å²) in [5.74, 6) is 2.45. The molecule has 0 spiro atoms. The molecule has 21 heavy (non-hydrogen) atoms. The van der Waals surface area contributed by atoms with Crippen LogP contribution in [0.3, 0.4) is 0 Å². The fraction of sp³-hybridized carbons (Fsp3) is 0.647. The van der Waals surface area contributed by atoms with Gasteiger partial charge in [0.2, 0.25) is 0 Å². The fourth-order valence-electron chi connectivity index (χ4n) is 3.30. The Morgan fingerprint density at radius 3 is 2.81 bits per heavy atom. The second kappa shape index (κ2) is 7.43. The number of carbonyl (C=O) groups excluding carboxylic acids is 1. The first kappa shape index (κ1) is 15.8. The van der Waals surface area contributed by atoms with Crippen LogP contribution in [0.15, 0.2) is 12.3 Å². The van der Waals surface area contributed by atoms with Gasteiger partial charge in [-0.3, -0.25) is 9.78 Å². The van der Waals surface area contributed by atoms with Gasteiger partial charge in [-0.1, -0.05) is 19.8 Å². The van der Waals surface area contributed by atoms with E-state index in [-0.39, 0.29) is 5.92 Å². The summed E-state index contributed by atoms with van der Waals surface area (Å²) in [7, 11) is 3.23. The second-order valence-electron chi connectivity index (χ2n) is 5.79. The fourth-order valence-corrected chi connectivity index (χ4v) is 3.30. The Kier molecular flexibility index (Phi) is 5.59. The average Bonchev–Trinajstić information content (AvgIpc) is 2.50. The largest absolute Gasteiger partial charge is 0.493 e. The van der Waals surface area contributed by atoms with Gasteiger partial charge in [0.25, 0.3) is 0 Å². The first-order valence-electron chi connectivity index (χ1n) is 7.78. The molecule has 1 fully saturated rings. The lowest BCUT2D eigenvalue weighted by atomic mass is 9.76. The number of rotatable bonds is 6. The van der Waals surface area contributed by atoms with Crippen molar-refractivity contribution in [2.75, 3.05) is 14.2 Å². The lowest BCUT2D eigenvalue weighted by molar-refractivity contribution is -0.125. The van der Waals surface area contributed by atoms with E-state index in [1.807, 2.05) is 0 Å². The SMILES string of the molecule is CCCC1CCC(=O)C(Cc2nccc(OC)c2OC)C1. The highest BCUT2D eigenvalue weighted by Crippen LogP contribution is 2.35. The van der Waals surface area contributed by atoms with E-state index in [0.29, 0.717) is 36.0 Å². The highest BCUT2D eigenvalue weighted by atomic mass is 16.5. The molecule has 0 bridgehead atoms. The third kappa shape index (κ3) is 3.74. The Bertz CT molecular complexity index is 487. The molecule has 1 aromatic heterocycles. The molecular weight excluding hydrogens is 266 g/mol. The molecule has 4 nitrogen and oxygen atoms in total. The number of ether oxygens (including phenoxy) is 2. The minimum Gasteiger partial charge on any atom is -0.493 e. The van der Waals surface area contributed by atoms with Crippen LogP contribution in [0.1, 0.15) is 44.7 Å². The molecule has 1 aliphatic rings. The van der Waals surface area contributed by atoms with Gasteiger partial charge in [0.15, 0.2) is 11.5 Å². The van der Waals surface area contributed by atoms with Gasteiger partial charge in [-0.25, -0.2) is 0 Å². The van der Waals surface area contributed by atoms with E-state index in [4.69, 9.17) is 9.47 Å². The number of carbonyl (C=O) groups is 1. The number of aromatic nitrogens is 1. The number of pyridine rings is 1. The van der Waals surface area contributed by atoms with Crippen molar-refractivity contribution in [2.24, 2.45) is 11.8 Å². The van der Waals surface area contributed by atoms with Gasteiger partial charge >= 0.3 is 0 Å². The van der Waals surface area contributed by atoms with Crippen molar-refractivity contribution in [2.45, 2.75) is 45.4 Å². The number of hydrogen-bond donors (Lipinski definition) is 0. The van der Waals surface area contributed by atoms with E-state index in [2.05, 4.69) is 11.9 Å². The summed E-state index contributed by atoms with van der Waals surface area (Å²) >= 11 is 0. The Labute approximate surface area is 126 Å². The van der Waals surface area contributed by atoms with Crippen LogP contribution < -0.4 is 9.47 Å². The van der Waals surface area contributed by atoms with Crippen molar-refractivity contribution in [3.63, 3.8) is 0 Å². The summed E-state index contributed by atoms with van der Waals surface area (Å²) in [5, 5.41) is 0. The molecule has 1 aliphatic carbocycles. The predicted octanol–water partition coefficient (Wildman–Crippen LogP) is 3.43. The van der Waals surface area contributed by atoms with Crippen LogP contribution in [0.25, 0.3) is 0 Å². The number of ketones is 1. The molecule has 1 heterocycles. The summed E-state index contributed by atoms with van der Waals surface area (Å²) in [6.07, 6.45) is 7.51. The Hall–Kier alpha value is -1.58. The van der Waals surface area contributed by atoms with E-state index >= 15 is 0 Å². The maximum absolute atomic E-state index is 12.2. The molecule has 1 saturated carbocycles. The zero-order valence-corrected chi connectivity index (χ0v) is 13.2. The smallest absolute Gasteiger partial charge is 0.182 e. The summed E-state index contributed by atoms with van der Waals surface area (Å²) in [6, 6.07) is 1.78. The molecule has 0 saturated heterocycles. The van der Waals surface area contributed by atoms with E-state index < -0.39 is 0 Å². The maximum atomic E-state index is 12.2. The summed E-state index contributed by atoms with van der Waals surface area (Å²) < 4.78 is 10.7. The number of hydrogen-bond acceptors (Lipinski definition) is 4. The molecule has 0 amide bonds. The Balaban J connectivity index is 2.14. The Morgan fingerprint density at radius 1 is 1.33 bits per heavy atom. The van der Waals surface area contributed by atoms with Gasteiger partial charge in [-0.15, -0.1) is 0 Å². The van der Waals surface area contributed by atoms with Crippen molar-refractivity contribution in [1.29, 1.82) is 0 Å². The molecule has 2 atom stereocenters. The van der Waals surface area contributed by atoms with Gasteiger partial charge in [0.1, 0.15) is 5.78 Å². The van der Waals surface area contributed by atoms with Crippen molar-refractivity contribution in [1.82, 2.24) is 4.98 Å². The third-order valence-corrected chi connectivity index (χ3v) is 4.38. The molecule has 2 unspecified atom stereocenters. The monoisotopic (exact) mass is 291 g/mol. The van der Waals surface area contributed by atoms with Crippen LogP contribution in [-0.2, 0) is 11.2 Å². The van der Waals surface area contributed by atoms with Crippen molar-refractivity contribution in [3.8, 4) is 11.5 Å². The summed E-state index contributed by atoms with van der Waals surface area (Å²) in [5.41, 5.74) is 0.826. The predicted molar refractivity (Wildman–Crippen MR) is 81.8 cm³/mol. The number of nitrogens with zero attached hydrogens (tertiary/aromatic N) is 1. The molecule has 2 rings (SSSR count). The minimum absolute atomic E-state index is 0.0730. The van der Waals surface area contributed by atoms with Crippen molar-refractivity contribution >= 4 is 5.78 Å². The van der Waals surface area contributed by atoms with E-state index in [1.54, 1.807) is 26.5 Å². The van der Waals surface area contributed by atoms with Crippen LogP contribution in [-0.4, -0.2) is 25.0 Å². The summed E-state index contributed by atoms with van der Waals surface area (Å²) in [4.78, 5) is 16.6. The Morgan fingerprint density at radius 2 is 2.14 bits per heavy atom. The minimum atomic E-state index is 0.0730. The molecule has 4 heteroatoms. The first-order valence-corrected chi connectivity index (χ1v) is 7.78. The quantitative estimate of drug-likeness (QED) is 0.805. The van der Waals surface area contributed by atoms with Crippen LogP contribution in [0.5, 0.6) is 11.5 Å². The van der Waals surface area contributed by atoms with Crippen LogP contribution in [0.4, 0.5) is 0 Å². The lowest BCUT2D eigenvalue weighted by Gasteiger charge is -2.28. The first-order chi connectivity index (χ1) is 10.2. The zero-order valence-electron chi connectivity index (χ0n) is 13.2. The molecule has 0 N–H and O–H groups in total. The van der Waals surface area contributed by atoms with Crippen molar-refractivity contribution < 1.29 is 14.3 Å². The van der Waals surface area contributed by atoms with Crippen LogP contribution in [0, 0.1) is 11.8 Å². The normalized spacial score (nSPS) is 22.1. The van der Waals surface area contributed by atoms with Gasteiger partial charge in [-0.05, 0) is 18.8 Å². The van der Waals surface area contributed by atoms with Gasteiger partial charge < -0.3 is 9.47 Å². The van der Waals surface area contributed by atoms with E-state index in [9.17, 15) is 4.79 Å². The lowest BCUT2D eigenvalue weighted by Crippen LogP contribution is -2.27. The summed E-state index contributed by atoms with van der Waals surface area (Å²) in [6.45, 7) is 2.21. The average molecular weight is 291 g/mol. The van der Waals surface area contributed by atoms with Crippen LogP contribution >= 0.6 is 0 Å². The standard InChI is InChI=1S/C17H25NO3/c1-4-5-12-6-7-15(19)13(10-12)11-14-17(21-3)16(20-2)8-9-18-14/h8-9,12-13H,4-7,10-11H2,1-3H3. The highest BCUT2D eigenvalue weighted by molar-refractivity contribution is 5.82. The topological polar surface area (TPSA) is 48.4 Å². The van der Waals surface area contributed by atoms with Crippen LogP contribution in [0.2, 0.25) is 0 Å². The van der Waals surface area contributed by atoms with Gasteiger partial charge in [-0.2, -0.15) is 0 Å². The second-order valence-corrected chi connectivity index (χ2v) is 5.79. The number of methoxy groups -OCH3 is 2. The third-order valence-electron chi connectivity index (χ3n) is 4.38. The molecule has 0 aliphatic heterocycles. The highest BCUT2D eigenvalue weighted by Gasteiger charge is 2.29.